The van der Waals surface area contributed by atoms with Crippen molar-refractivity contribution in [3.05, 3.63) is 28.8 Å². The number of benzene rings is 1. The fourth-order valence-electron chi connectivity index (χ4n) is 2.50. The number of aromatic hydroxyl groups is 1. The second kappa shape index (κ2) is 5.13. The number of hydrogen-bond acceptors (Lipinski definition) is 2. The molecule has 3 heteroatoms. The summed E-state index contributed by atoms with van der Waals surface area (Å²) in [5, 5.41) is 9.47. The Hall–Kier alpha value is -0.960. The normalized spacial score (nSPS) is 16.4. The van der Waals surface area contributed by atoms with E-state index in [0.29, 0.717) is 16.6 Å². The lowest BCUT2D eigenvalue weighted by Gasteiger charge is -2.09. The zero-order valence-corrected chi connectivity index (χ0v) is 11.3. The average molecular weight is 251 g/mol. The second-order valence-electron chi connectivity index (χ2n) is 4.75. The zero-order chi connectivity index (χ0) is 12.4. The summed E-state index contributed by atoms with van der Waals surface area (Å²) in [6, 6.07) is 3.36. The van der Waals surface area contributed by atoms with Crippen LogP contribution in [0.1, 0.15) is 34.3 Å². The van der Waals surface area contributed by atoms with Crippen LogP contribution in [0.4, 0.5) is 0 Å². The van der Waals surface area contributed by atoms with Crippen LogP contribution < -0.4 is 0 Å². The minimum Gasteiger partial charge on any atom is -0.508 e. The van der Waals surface area contributed by atoms with E-state index in [1.807, 2.05) is 13.8 Å². The van der Waals surface area contributed by atoms with Gasteiger partial charge in [-0.15, -0.1) is 0 Å². The zero-order valence-electron chi connectivity index (χ0n) is 10.5. The van der Waals surface area contributed by atoms with Crippen molar-refractivity contribution in [3.8, 4) is 5.75 Å². The molecule has 1 aliphatic heterocycles. The standard InChI is InChI=1S/C14H18O2S/c1-10-7-12(15)8-11(2)14(10)13(16)9-17-5-3-4-6-17/h7-8H,3-6,9H2,1-2H3/p+1. The van der Waals surface area contributed by atoms with Gasteiger partial charge < -0.3 is 5.11 Å². The van der Waals surface area contributed by atoms with Gasteiger partial charge >= 0.3 is 0 Å². The smallest absolute Gasteiger partial charge is 0.212 e. The van der Waals surface area contributed by atoms with Gasteiger partial charge in [-0.05, 0) is 60.8 Å². The van der Waals surface area contributed by atoms with E-state index in [4.69, 9.17) is 0 Å². The van der Waals surface area contributed by atoms with Crippen LogP contribution in [0.2, 0.25) is 0 Å². The first-order chi connectivity index (χ1) is 8.08. The molecule has 0 atom stereocenters. The molecule has 2 nitrogen and oxygen atoms in total. The highest BCUT2D eigenvalue weighted by Gasteiger charge is 2.28. The average Bonchev–Trinajstić information content (AvgIpc) is 2.68. The molecular formula is C14H19O2S+. The summed E-state index contributed by atoms with van der Waals surface area (Å²) in [4.78, 5) is 12.3. The fraction of sp³-hybridized carbons (Fsp3) is 0.500. The number of phenols is 1. The van der Waals surface area contributed by atoms with E-state index in [2.05, 4.69) is 0 Å². The largest absolute Gasteiger partial charge is 0.508 e. The minimum absolute atomic E-state index is 0.250. The first-order valence-electron chi connectivity index (χ1n) is 6.05. The van der Waals surface area contributed by atoms with Crippen molar-refractivity contribution < 1.29 is 9.90 Å². The molecule has 17 heavy (non-hydrogen) atoms. The summed E-state index contributed by atoms with van der Waals surface area (Å²) >= 11 is 0. The number of aryl methyl sites for hydroxylation is 2. The molecule has 0 amide bonds. The molecule has 0 radical (unpaired) electrons. The van der Waals surface area contributed by atoms with Gasteiger partial charge in [0.05, 0.1) is 0 Å². The quantitative estimate of drug-likeness (QED) is 0.662. The molecule has 1 aromatic carbocycles. The highest BCUT2D eigenvalue weighted by atomic mass is 32.2. The highest BCUT2D eigenvalue weighted by Crippen LogP contribution is 2.23. The van der Waals surface area contributed by atoms with Gasteiger partial charge in [0.25, 0.3) is 0 Å². The van der Waals surface area contributed by atoms with Crippen LogP contribution >= 0.6 is 0 Å². The van der Waals surface area contributed by atoms with Gasteiger partial charge in [-0.1, -0.05) is 0 Å². The minimum atomic E-state index is 0.250. The van der Waals surface area contributed by atoms with Gasteiger partial charge in [0.1, 0.15) is 17.3 Å². The number of phenolic OH excluding ortho intramolecular Hbond substituents is 1. The van der Waals surface area contributed by atoms with Crippen LogP contribution in [-0.4, -0.2) is 28.1 Å². The van der Waals surface area contributed by atoms with E-state index in [0.717, 1.165) is 16.7 Å². The maximum atomic E-state index is 12.3. The van der Waals surface area contributed by atoms with Crippen molar-refractivity contribution in [1.29, 1.82) is 0 Å². The molecule has 0 bridgehead atoms. The third-order valence-corrected chi connectivity index (χ3v) is 5.65. The van der Waals surface area contributed by atoms with Crippen LogP contribution in [0.5, 0.6) is 5.75 Å². The molecular weight excluding hydrogens is 232 g/mol. The van der Waals surface area contributed by atoms with Gasteiger partial charge in [0.15, 0.2) is 5.75 Å². The van der Waals surface area contributed by atoms with Crippen LogP contribution in [0.3, 0.4) is 0 Å². The number of rotatable bonds is 3. The number of carbonyl (C=O) groups excluding carboxylic acids is 1. The molecule has 0 unspecified atom stereocenters. The summed E-state index contributed by atoms with van der Waals surface area (Å²) in [5.74, 6) is 3.65. The summed E-state index contributed by atoms with van der Waals surface area (Å²) < 4.78 is 0. The third kappa shape index (κ3) is 2.83. The SMILES string of the molecule is Cc1cc(O)cc(C)c1C(=O)C[S+]1CCCC1. The number of ketones is 1. The summed E-state index contributed by atoms with van der Waals surface area (Å²) in [6.07, 6.45) is 2.56. The predicted octanol–water partition coefficient (Wildman–Crippen LogP) is 2.60. The Morgan fingerprint density at radius 2 is 1.76 bits per heavy atom. The van der Waals surface area contributed by atoms with Crippen LogP contribution in [-0.2, 0) is 10.9 Å². The Morgan fingerprint density at radius 3 is 2.29 bits per heavy atom. The van der Waals surface area contributed by atoms with Crippen molar-refractivity contribution in [2.24, 2.45) is 0 Å². The number of Topliss-reactive ketones (excluding diaryl/α,β-unsaturated/α-hetero) is 1. The lowest BCUT2D eigenvalue weighted by Crippen LogP contribution is -2.19. The first-order valence-corrected chi connectivity index (χ1v) is 7.78. The topological polar surface area (TPSA) is 37.3 Å². The van der Waals surface area contributed by atoms with Crippen LogP contribution in [0.15, 0.2) is 12.1 Å². The monoisotopic (exact) mass is 251 g/mol. The van der Waals surface area contributed by atoms with Crippen LogP contribution in [0, 0.1) is 13.8 Å². The predicted molar refractivity (Wildman–Crippen MR) is 73.1 cm³/mol. The number of hydrogen-bond donors (Lipinski definition) is 1. The summed E-state index contributed by atoms with van der Waals surface area (Å²) in [7, 11) is 0.308. The van der Waals surface area contributed by atoms with Gasteiger partial charge in [-0.2, -0.15) is 0 Å². The molecule has 1 saturated heterocycles. The Kier molecular flexibility index (Phi) is 3.77. The third-order valence-electron chi connectivity index (χ3n) is 3.25. The molecule has 1 heterocycles. The van der Waals surface area contributed by atoms with Gasteiger partial charge in [0.2, 0.25) is 5.78 Å². The Bertz CT molecular complexity index is 411. The van der Waals surface area contributed by atoms with E-state index in [1.54, 1.807) is 12.1 Å². The van der Waals surface area contributed by atoms with Gasteiger partial charge in [0, 0.05) is 5.56 Å². The molecule has 92 valence electrons. The van der Waals surface area contributed by atoms with E-state index in [1.165, 1.54) is 24.3 Å². The molecule has 1 fully saturated rings. The lowest BCUT2D eigenvalue weighted by atomic mass is 9.99. The van der Waals surface area contributed by atoms with Crippen molar-refractivity contribution in [3.63, 3.8) is 0 Å². The highest BCUT2D eigenvalue weighted by molar-refractivity contribution is 7.97. The molecule has 0 aliphatic carbocycles. The van der Waals surface area contributed by atoms with Crippen molar-refractivity contribution in [1.82, 2.24) is 0 Å². The lowest BCUT2D eigenvalue weighted by molar-refractivity contribution is 0.102. The van der Waals surface area contributed by atoms with Crippen LogP contribution in [0.25, 0.3) is 0 Å². The molecule has 0 aromatic heterocycles. The molecule has 1 aliphatic rings. The Labute approximate surface area is 105 Å². The van der Waals surface area contributed by atoms with Gasteiger partial charge in [-0.25, -0.2) is 0 Å². The van der Waals surface area contributed by atoms with E-state index >= 15 is 0 Å². The molecule has 0 saturated carbocycles. The number of carbonyl (C=O) groups is 1. The molecule has 1 aromatic rings. The van der Waals surface area contributed by atoms with Gasteiger partial charge in [-0.3, -0.25) is 4.79 Å². The maximum Gasteiger partial charge on any atom is 0.212 e. The first kappa shape index (κ1) is 12.5. The molecule has 1 N–H and O–H groups in total. The summed E-state index contributed by atoms with van der Waals surface area (Å²) in [6.45, 7) is 3.80. The maximum absolute atomic E-state index is 12.3. The van der Waals surface area contributed by atoms with Crippen molar-refractivity contribution in [2.75, 3.05) is 17.3 Å². The summed E-state index contributed by atoms with van der Waals surface area (Å²) in [5.41, 5.74) is 2.62. The second-order valence-corrected chi connectivity index (χ2v) is 7.08. The Morgan fingerprint density at radius 1 is 1.24 bits per heavy atom. The van der Waals surface area contributed by atoms with Crippen molar-refractivity contribution in [2.45, 2.75) is 26.7 Å². The van der Waals surface area contributed by atoms with E-state index in [9.17, 15) is 9.90 Å². The Balaban J connectivity index is 2.18. The van der Waals surface area contributed by atoms with Crippen molar-refractivity contribution >= 4 is 16.7 Å². The van der Waals surface area contributed by atoms with E-state index < -0.39 is 0 Å². The fourth-order valence-corrected chi connectivity index (χ4v) is 4.73. The van der Waals surface area contributed by atoms with E-state index in [-0.39, 0.29) is 11.5 Å². The molecule has 2 rings (SSSR count). The molecule has 0 spiro atoms.